The van der Waals surface area contributed by atoms with Gasteiger partial charge in [0.25, 0.3) is 0 Å². The summed E-state index contributed by atoms with van der Waals surface area (Å²) in [5, 5.41) is 5.55. The zero-order valence-corrected chi connectivity index (χ0v) is 16.9. The molecule has 0 aliphatic heterocycles. The molecule has 0 aromatic heterocycles. The van der Waals surface area contributed by atoms with E-state index in [1.807, 2.05) is 6.92 Å². The first-order valence-corrected chi connectivity index (χ1v) is 9.83. The summed E-state index contributed by atoms with van der Waals surface area (Å²) in [5.74, 6) is 1.78. The van der Waals surface area contributed by atoms with E-state index in [9.17, 15) is 9.59 Å². The average Bonchev–Trinajstić information content (AvgIpc) is 2.69. The lowest BCUT2D eigenvalue weighted by molar-refractivity contribution is -0.114. The Morgan fingerprint density at radius 2 is 1.54 bits per heavy atom. The molecule has 0 bridgehead atoms. The van der Waals surface area contributed by atoms with Crippen molar-refractivity contribution >= 4 is 35.0 Å². The Kier molecular flexibility index (Phi) is 8.48. The largest absolute Gasteiger partial charge is 0.497 e. The summed E-state index contributed by atoms with van der Waals surface area (Å²) in [6, 6.07) is 12.3. The highest BCUT2D eigenvalue weighted by Gasteiger charge is 2.10. The summed E-state index contributed by atoms with van der Waals surface area (Å²) in [6.07, 6.45) is 0. The molecule has 0 fully saturated rings. The van der Waals surface area contributed by atoms with Gasteiger partial charge < -0.3 is 24.8 Å². The summed E-state index contributed by atoms with van der Waals surface area (Å²) in [4.78, 5) is 24.2. The molecule has 0 unspecified atom stereocenters. The van der Waals surface area contributed by atoms with Gasteiger partial charge in [-0.2, -0.15) is 0 Å². The molecule has 0 spiro atoms. The molecule has 0 aliphatic carbocycles. The lowest BCUT2D eigenvalue weighted by Gasteiger charge is -2.11. The first-order chi connectivity index (χ1) is 13.5. The molecule has 7 nitrogen and oxygen atoms in total. The van der Waals surface area contributed by atoms with Gasteiger partial charge in [-0.3, -0.25) is 9.59 Å². The summed E-state index contributed by atoms with van der Waals surface area (Å²) < 4.78 is 15.7. The molecule has 2 amide bonds. The van der Waals surface area contributed by atoms with Crippen LogP contribution in [-0.4, -0.2) is 44.1 Å². The quantitative estimate of drug-likeness (QED) is 0.631. The molecule has 8 heteroatoms. The normalized spacial score (nSPS) is 10.1. The number of carbonyl (C=O) groups is 2. The third-order valence-corrected chi connectivity index (χ3v) is 4.53. The fourth-order valence-electron chi connectivity index (χ4n) is 2.33. The predicted molar refractivity (Wildman–Crippen MR) is 112 cm³/mol. The maximum Gasteiger partial charge on any atom is 0.234 e. The maximum absolute atomic E-state index is 12.1. The van der Waals surface area contributed by atoms with Crippen molar-refractivity contribution in [2.24, 2.45) is 0 Å². The number of hydrogen-bond donors (Lipinski definition) is 2. The van der Waals surface area contributed by atoms with Crippen LogP contribution in [0.5, 0.6) is 17.2 Å². The lowest BCUT2D eigenvalue weighted by atomic mass is 10.2. The average molecular weight is 404 g/mol. The minimum absolute atomic E-state index is 0.136. The number of methoxy groups -OCH3 is 2. The molecule has 2 N–H and O–H groups in total. The van der Waals surface area contributed by atoms with Crippen LogP contribution in [0.3, 0.4) is 0 Å². The molecule has 0 atom stereocenters. The second-order valence-corrected chi connectivity index (χ2v) is 6.60. The maximum atomic E-state index is 12.1. The van der Waals surface area contributed by atoms with Crippen molar-refractivity contribution in [1.82, 2.24) is 0 Å². The first-order valence-electron chi connectivity index (χ1n) is 8.68. The predicted octanol–water partition coefficient (Wildman–Crippen LogP) is 3.41. The van der Waals surface area contributed by atoms with Crippen LogP contribution in [0.4, 0.5) is 11.4 Å². The summed E-state index contributed by atoms with van der Waals surface area (Å²) in [6.45, 7) is 2.50. The van der Waals surface area contributed by atoms with Crippen LogP contribution in [0, 0.1) is 0 Å². The van der Waals surface area contributed by atoms with Crippen LogP contribution in [0.2, 0.25) is 0 Å². The number of carbonyl (C=O) groups excluding carboxylic acids is 2. The van der Waals surface area contributed by atoms with E-state index < -0.39 is 0 Å². The Bertz CT molecular complexity index is 796. The van der Waals surface area contributed by atoms with E-state index in [4.69, 9.17) is 14.2 Å². The first kappa shape index (κ1) is 21.4. The summed E-state index contributed by atoms with van der Waals surface area (Å²) in [5.41, 5.74) is 1.20. The van der Waals surface area contributed by atoms with Gasteiger partial charge in [0, 0.05) is 11.8 Å². The van der Waals surface area contributed by atoms with Crippen molar-refractivity contribution in [2.75, 3.05) is 43.0 Å². The molecule has 0 aliphatic rings. The fraction of sp³-hybridized carbons (Fsp3) is 0.300. The van der Waals surface area contributed by atoms with Crippen molar-refractivity contribution in [1.29, 1.82) is 0 Å². The number of benzene rings is 2. The van der Waals surface area contributed by atoms with Gasteiger partial charge in [-0.05, 0) is 43.3 Å². The van der Waals surface area contributed by atoms with E-state index in [0.29, 0.717) is 29.5 Å². The Morgan fingerprint density at radius 3 is 2.14 bits per heavy atom. The summed E-state index contributed by atoms with van der Waals surface area (Å²) in [7, 11) is 3.07. The number of ether oxygens (including phenoxy) is 3. The van der Waals surface area contributed by atoms with Gasteiger partial charge in [-0.1, -0.05) is 0 Å². The minimum atomic E-state index is -0.231. The number of rotatable bonds is 10. The Labute approximate surface area is 168 Å². The summed E-state index contributed by atoms with van der Waals surface area (Å²) >= 11 is 1.22. The Hall–Kier alpha value is -2.87. The monoisotopic (exact) mass is 404 g/mol. The number of nitrogens with one attached hydrogen (secondary N) is 2. The van der Waals surface area contributed by atoms with E-state index in [-0.39, 0.29) is 23.3 Å². The van der Waals surface area contributed by atoms with E-state index >= 15 is 0 Å². The van der Waals surface area contributed by atoms with Gasteiger partial charge in [-0.15, -0.1) is 11.8 Å². The van der Waals surface area contributed by atoms with Crippen molar-refractivity contribution in [3.63, 3.8) is 0 Å². The molecule has 0 saturated heterocycles. The fourth-order valence-corrected chi connectivity index (χ4v) is 2.95. The van der Waals surface area contributed by atoms with Crippen LogP contribution in [0.15, 0.2) is 42.5 Å². The van der Waals surface area contributed by atoms with E-state index in [1.54, 1.807) is 49.6 Å². The zero-order valence-electron chi connectivity index (χ0n) is 16.1. The van der Waals surface area contributed by atoms with Gasteiger partial charge in [-0.25, -0.2) is 0 Å². The highest BCUT2D eigenvalue weighted by atomic mass is 32.2. The van der Waals surface area contributed by atoms with Gasteiger partial charge in [0.2, 0.25) is 11.8 Å². The van der Waals surface area contributed by atoms with E-state index in [1.165, 1.54) is 18.9 Å². The molecule has 2 aromatic carbocycles. The second kappa shape index (κ2) is 11.1. The number of hydrogen-bond acceptors (Lipinski definition) is 6. The molecule has 2 rings (SSSR count). The molecule has 0 heterocycles. The van der Waals surface area contributed by atoms with Crippen molar-refractivity contribution in [2.45, 2.75) is 6.92 Å². The van der Waals surface area contributed by atoms with Crippen molar-refractivity contribution in [3.05, 3.63) is 42.5 Å². The molecule has 2 aromatic rings. The standard InChI is InChI=1S/C20H24N2O5S/c1-4-27-15-7-5-14(6-8-15)21-19(23)12-28-13-20(24)22-17-11-16(25-2)9-10-18(17)26-3/h5-11H,4,12-13H2,1-3H3,(H,21,23)(H,22,24). The SMILES string of the molecule is CCOc1ccc(NC(=O)CSCC(=O)Nc2cc(OC)ccc2OC)cc1. The second-order valence-electron chi connectivity index (χ2n) is 5.61. The van der Waals surface area contributed by atoms with Gasteiger partial charge in [0.05, 0.1) is 38.0 Å². The van der Waals surface area contributed by atoms with Gasteiger partial charge >= 0.3 is 0 Å². The highest BCUT2D eigenvalue weighted by molar-refractivity contribution is 8.00. The molecule has 150 valence electrons. The van der Waals surface area contributed by atoms with Crippen LogP contribution < -0.4 is 24.8 Å². The van der Waals surface area contributed by atoms with Crippen LogP contribution in [0.1, 0.15) is 6.92 Å². The molecular formula is C20H24N2O5S. The number of thioether (sulfide) groups is 1. The van der Waals surface area contributed by atoms with E-state index in [2.05, 4.69) is 10.6 Å². The Balaban J connectivity index is 1.78. The lowest BCUT2D eigenvalue weighted by Crippen LogP contribution is -2.18. The number of amides is 2. The van der Waals surface area contributed by atoms with Crippen LogP contribution in [-0.2, 0) is 9.59 Å². The van der Waals surface area contributed by atoms with Gasteiger partial charge in [0.1, 0.15) is 17.2 Å². The zero-order chi connectivity index (χ0) is 20.4. The third-order valence-electron chi connectivity index (χ3n) is 3.60. The molecule has 0 radical (unpaired) electrons. The third kappa shape index (κ3) is 6.70. The molecular weight excluding hydrogens is 380 g/mol. The topological polar surface area (TPSA) is 85.9 Å². The van der Waals surface area contributed by atoms with Crippen LogP contribution >= 0.6 is 11.8 Å². The highest BCUT2D eigenvalue weighted by Crippen LogP contribution is 2.29. The van der Waals surface area contributed by atoms with Crippen molar-refractivity contribution in [3.8, 4) is 17.2 Å². The molecule has 28 heavy (non-hydrogen) atoms. The molecule has 0 saturated carbocycles. The number of anilines is 2. The van der Waals surface area contributed by atoms with Crippen LogP contribution in [0.25, 0.3) is 0 Å². The minimum Gasteiger partial charge on any atom is -0.497 e. The Morgan fingerprint density at radius 1 is 0.893 bits per heavy atom. The van der Waals surface area contributed by atoms with Crippen molar-refractivity contribution < 1.29 is 23.8 Å². The van der Waals surface area contributed by atoms with E-state index in [0.717, 1.165) is 5.75 Å². The van der Waals surface area contributed by atoms with Gasteiger partial charge in [0.15, 0.2) is 0 Å². The smallest absolute Gasteiger partial charge is 0.234 e.